The molecule has 2 heterocycles. The molecule has 2 aliphatic rings. The van der Waals surface area contributed by atoms with E-state index < -0.39 is 11.9 Å². The maximum atomic E-state index is 12.2. The highest BCUT2D eigenvalue weighted by molar-refractivity contribution is 7.09. The molecule has 1 N–H and O–H groups in total. The summed E-state index contributed by atoms with van der Waals surface area (Å²) in [7, 11) is 0. The molecule has 1 aromatic rings. The van der Waals surface area contributed by atoms with Gasteiger partial charge in [-0.25, -0.2) is 4.98 Å². The number of likely N-dealkylation sites (tertiary alicyclic amines) is 1. The first-order valence-electron chi connectivity index (χ1n) is 6.58. The maximum absolute atomic E-state index is 12.2. The average molecular weight is 280 g/mol. The molecule has 1 saturated carbocycles. The number of carboxylic acid groups (broad SMARTS) is 1. The number of hydrogen-bond donors (Lipinski definition) is 1. The molecule has 3 atom stereocenters. The van der Waals surface area contributed by atoms with Crippen LogP contribution in [0.4, 0.5) is 0 Å². The number of nitrogens with zero attached hydrogens (tertiary/aromatic N) is 2. The van der Waals surface area contributed by atoms with Gasteiger partial charge < -0.3 is 10.0 Å². The van der Waals surface area contributed by atoms with Crippen molar-refractivity contribution >= 4 is 23.2 Å². The van der Waals surface area contributed by atoms with Gasteiger partial charge in [0.25, 0.3) is 0 Å². The Morgan fingerprint density at radius 1 is 1.42 bits per heavy atom. The number of carbonyl (C=O) groups is 2. The molecule has 1 amide bonds. The monoisotopic (exact) mass is 280 g/mol. The Bertz CT molecular complexity index is 488. The van der Waals surface area contributed by atoms with Crippen LogP contribution in [0, 0.1) is 11.8 Å². The van der Waals surface area contributed by atoms with Crippen LogP contribution in [0.5, 0.6) is 0 Å². The zero-order valence-electron chi connectivity index (χ0n) is 10.5. The summed E-state index contributed by atoms with van der Waals surface area (Å²) in [5.41, 5.74) is 0. The molecule has 5 nitrogen and oxygen atoms in total. The Balaban J connectivity index is 1.63. The Kier molecular flexibility index (Phi) is 3.26. The smallest absolute Gasteiger partial charge is 0.307 e. The lowest BCUT2D eigenvalue weighted by Gasteiger charge is -2.32. The van der Waals surface area contributed by atoms with E-state index >= 15 is 0 Å². The Morgan fingerprint density at radius 2 is 2.26 bits per heavy atom. The molecule has 0 radical (unpaired) electrons. The molecule has 0 aromatic carbocycles. The van der Waals surface area contributed by atoms with Gasteiger partial charge >= 0.3 is 5.97 Å². The fourth-order valence-corrected chi connectivity index (χ4v) is 3.56. The Morgan fingerprint density at radius 3 is 2.89 bits per heavy atom. The van der Waals surface area contributed by atoms with Gasteiger partial charge in [-0.3, -0.25) is 9.59 Å². The van der Waals surface area contributed by atoms with E-state index in [4.69, 9.17) is 5.11 Å². The molecular weight excluding hydrogens is 264 g/mol. The second kappa shape index (κ2) is 4.92. The van der Waals surface area contributed by atoms with Gasteiger partial charge in [0.1, 0.15) is 0 Å². The van der Waals surface area contributed by atoms with E-state index in [1.165, 1.54) is 0 Å². The minimum Gasteiger partial charge on any atom is -0.481 e. The first kappa shape index (κ1) is 12.6. The van der Waals surface area contributed by atoms with Crippen molar-refractivity contribution in [3.05, 3.63) is 16.6 Å². The van der Waals surface area contributed by atoms with Crippen molar-refractivity contribution in [2.24, 2.45) is 11.8 Å². The van der Waals surface area contributed by atoms with Gasteiger partial charge in [-0.2, -0.15) is 0 Å². The number of piperidine rings is 1. The summed E-state index contributed by atoms with van der Waals surface area (Å²) in [6.45, 7) is 1.44. The van der Waals surface area contributed by atoms with E-state index in [-0.39, 0.29) is 11.8 Å². The number of carbonyl (C=O) groups excluding carboxylic acids is 1. The topological polar surface area (TPSA) is 70.5 Å². The predicted molar refractivity (Wildman–Crippen MR) is 69.9 cm³/mol. The third-order valence-electron chi connectivity index (χ3n) is 3.96. The Labute approximate surface area is 115 Å². The van der Waals surface area contributed by atoms with Crippen molar-refractivity contribution in [1.29, 1.82) is 0 Å². The number of aliphatic carboxylic acids is 1. The molecule has 19 heavy (non-hydrogen) atoms. The summed E-state index contributed by atoms with van der Waals surface area (Å²) < 4.78 is 0. The van der Waals surface area contributed by atoms with Crippen LogP contribution in [0.15, 0.2) is 11.6 Å². The van der Waals surface area contributed by atoms with Gasteiger partial charge in [0.2, 0.25) is 5.91 Å². The van der Waals surface area contributed by atoms with Gasteiger partial charge in [-0.1, -0.05) is 0 Å². The van der Waals surface area contributed by atoms with E-state index in [9.17, 15) is 9.59 Å². The minimum atomic E-state index is -0.841. The predicted octanol–water partition coefficient (Wildman–Crippen LogP) is 1.57. The van der Waals surface area contributed by atoms with Gasteiger partial charge in [-0.05, 0) is 19.3 Å². The number of hydrogen-bond acceptors (Lipinski definition) is 4. The lowest BCUT2D eigenvalue weighted by Crippen LogP contribution is -2.40. The molecular formula is C13H16N2O3S. The van der Waals surface area contributed by atoms with Crippen molar-refractivity contribution in [3.63, 3.8) is 0 Å². The average Bonchev–Trinajstić information content (AvgIpc) is 3.04. The summed E-state index contributed by atoms with van der Waals surface area (Å²) in [6, 6.07) is 0. The Hall–Kier alpha value is -1.43. The van der Waals surface area contributed by atoms with Crippen molar-refractivity contribution in [2.45, 2.75) is 25.2 Å². The molecule has 2 fully saturated rings. The number of thiazole rings is 1. The molecule has 1 aliphatic heterocycles. The molecule has 3 rings (SSSR count). The van der Waals surface area contributed by atoms with Gasteiger partial charge in [0.05, 0.1) is 16.8 Å². The summed E-state index contributed by atoms with van der Waals surface area (Å²) in [5.74, 6) is -1.24. The van der Waals surface area contributed by atoms with Crippen molar-refractivity contribution in [2.75, 3.05) is 13.1 Å². The van der Waals surface area contributed by atoms with Gasteiger partial charge in [0, 0.05) is 30.6 Å². The van der Waals surface area contributed by atoms with Gasteiger partial charge in [0.15, 0.2) is 0 Å². The van der Waals surface area contributed by atoms with Crippen LogP contribution in [-0.2, 0) is 9.59 Å². The molecule has 1 aliphatic carbocycles. The van der Waals surface area contributed by atoms with E-state index in [1.807, 2.05) is 10.3 Å². The second-order valence-electron chi connectivity index (χ2n) is 5.28. The SMILES string of the molecule is O=C(O)C1CC1C(=O)N1CCCC(c2nccs2)C1. The number of amides is 1. The number of rotatable bonds is 3. The van der Waals surface area contributed by atoms with Crippen LogP contribution in [0.2, 0.25) is 0 Å². The van der Waals surface area contributed by atoms with Crippen molar-refractivity contribution in [1.82, 2.24) is 9.88 Å². The zero-order chi connectivity index (χ0) is 13.4. The second-order valence-corrected chi connectivity index (χ2v) is 6.21. The van der Waals surface area contributed by atoms with E-state index in [2.05, 4.69) is 4.98 Å². The largest absolute Gasteiger partial charge is 0.481 e. The standard InChI is InChI=1S/C13H16N2O3S/c16-12(9-6-10(9)13(17)18)15-4-1-2-8(7-15)11-14-3-5-19-11/h3,5,8-10H,1-2,4,6-7H2,(H,17,18). The van der Waals surface area contributed by atoms with Crippen LogP contribution in [0.25, 0.3) is 0 Å². The lowest BCUT2D eigenvalue weighted by atomic mass is 9.98. The summed E-state index contributed by atoms with van der Waals surface area (Å²) in [6.07, 6.45) is 4.33. The first-order chi connectivity index (χ1) is 9.16. The normalized spacial score (nSPS) is 30.1. The molecule has 0 spiro atoms. The van der Waals surface area contributed by atoms with Crippen LogP contribution in [0.1, 0.15) is 30.2 Å². The molecule has 102 valence electrons. The van der Waals surface area contributed by atoms with E-state index in [0.717, 1.165) is 24.4 Å². The lowest BCUT2D eigenvalue weighted by molar-refractivity contribution is -0.142. The maximum Gasteiger partial charge on any atom is 0.307 e. The summed E-state index contributed by atoms with van der Waals surface area (Å²) in [4.78, 5) is 29.2. The third-order valence-corrected chi connectivity index (χ3v) is 4.90. The van der Waals surface area contributed by atoms with E-state index in [1.54, 1.807) is 17.5 Å². The van der Waals surface area contributed by atoms with Crippen molar-refractivity contribution < 1.29 is 14.7 Å². The highest BCUT2D eigenvalue weighted by atomic mass is 32.1. The van der Waals surface area contributed by atoms with Crippen LogP contribution in [-0.4, -0.2) is 40.0 Å². The highest BCUT2D eigenvalue weighted by Gasteiger charge is 2.50. The minimum absolute atomic E-state index is 0.0219. The van der Waals surface area contributed by atoms with Crippen LogP contribution >= 0.6 is 11.3 Å². The van der Waals surface area contributed by atoms with E-state index in [0.29, 0.717) is 18.9 Å². The van der Waals surface area contributed by atoms with Crippen LogP contribution < -0.4 is 0 Å². The third kappa shape index (κ3) is 2.49. The fraction of sp³-hybridized carbons (Fsp3) is 0.615. The van der Waals surface area contributed by atoms with Gasteiger partial charge in [-0.15, -0.1) is 11.3 Å². The number of carboxylic acids is 1. The molecule has 0 bridgehead atoms. The summed E-state index contributed by atoms with van der Waals surface area (Å²) >= 11 is 1.63. The fourth-order valence-electron chi connectivity index (χ4n) is 2.79. The zero-order valence-corrected chi connectivity index (χ0v) is 11.3. The van der Waals surface area contributed by atoms with Crippen molar-refractivity contribution in [3.8, 4) is 0 Å². The molecule has 3 unspecified atom stereocenters. The molecule has 1 saturated heterocycles. The highest BCUT2D eigenvalue weighted by Crippen LogP contribution is 2.41. The summed E-state index contributed by atoms with van der Waals surface area (Å²) in [5, 5.41) is 11.9. The number of aromatic nitrogens is 1. The molecule has 6 heteroatoms. The molecule has 1 aromatic heterocycles. The van der Waals surface area contributed by atoms with Crippen LogP contribution in [0.3, 0.4) is 0 Å². The first-order valence-corrected chi connectivity index (χ1v) is 7.45. The quantitative estimate of drug-likeness (QED) is 0.912.